The van der Waals surface area contributed by atoms with Gasteiger partial charge in [0.25, 0.3) is 5.97 Å². The van der Waals surface area contributed by atoms with Crippen LogP contribution in [0.3, 0.4) is 0 Å². The fourth-order valence-corrected chi connectivity index (χ4v) is 3.42. The third-order valence-corrected chi connectivity index (χ3v) is 4.85. The number of carboxylic acids is 1. The summed E-state index contributed by atoms with van der Waals surface area (Å²) in [6.07, 6.45) is 3.50. The van der Waals surface area contributed by atoms with E-state index in [1.807, 2.05) is 0 Å². The maximum absolute atomic E-state index is 9.00. The molecule has 2 aromatic rings. The molecule has 142 valence electrons. The van der Waals surface area contributed by atoms with Gasteiger partial charge in [-0.2, -0.15) is 0 Å². The van der Waals surface area contributed by atoms with E-state index in [9.17, 15) is 0 Å². The van der Waals surface area contributed by atoms with Gasteiger partial charge in [0, 0.05) is 18.4 Å². The third-order valence-electron chi connectivity index (χ3n) is 4.85. The second-order valence-corrected chi connectivity index (χ2v) is 7.10. The van der Waals surface area contributed by atoms with Gasteiger partial charge in [0.2, 0.25) is 0 Å². The summed E-state index contributed by atoms with van der Waals surface area (Å²) in [5, 5.41) is 7.42. The van der Waals surface area contributed by atoms with E-state index in [0.717, 1.165) is 13.3 Å². The number of hydrogen-bond donors (Lipinski definition) is 1. The zero-order valence-corrected chi connectivity index (χ0v) is 16.8. The van der Waals surface area contributed by atoms with Gasteiger partial charge in [-0.1, -0.05) is 74.0 Å². The molecular formula is C23H33NO2. The Kier molecular flexibility index (Phi) is 9.08. The molecule has 1 N–H and O–H groups in total. The van der Waals surface area contributed by atoms with Gasteiger partial charge in [-0.25, -0.2) is 0 Å². The summed E-state index contributed by atoms with van der Waals surface area (Å²) in [7, 11) is 4.36. The predicted molar refractivity (Wildman–Crippen MR) is 110 cm³/mol. The van der Waals surface area contributed by atoms with Crippen LogP contribution >= 0.6 is 0 Å². The molecule has 2 rings (SSSR count). The number of carboxylic acid groups (broad SMARTS) is 1. The summed E-state index contributed by atoms with van der Waals surface area (Å²) in [4.78, 5) is 11.3. The van der Waals surface area contributed by atoms with Crippen molar-refractivity contribution in [2.45, 2.75) is 51.5 Å². The van der Waals surface area contributed by atoms with Crippen LogP contribution in [-0.2, 0) is 10.2 Å². The van der Waals surface area contributed by atoms with Crippen molar-refractivity contribution in [3.8, 4) is 0 Å². The molecular weight excluding hydrogens is 322 g/mol. The zero-order chi connectivity index (χ0) is 19.6. The summed E-state index contributed by atoms with van der Waals surface area (Å²) >= 11 is 0. The zero-order valence-electron chi connectivity index (χ0n) is 16.8. The summed E-state index contributed by atoms with van der Waals surface area (Å²) in [5.74, 6) is -0.833. The Hall–Kier alpha value is -2.13. The van der Waals surface area contributed by atoms with Crippen LogP contribution in [0.25, 0.3) is 0 Å². The van der Waals surface area contributed by atoms with E-state index in [4.69, 9.17) is 9.90 Å². The molecule has 3 heteroatoms. The fraction of sp³-hybridized carbons (Fsp3) is 0.435. The van der Waals surface area contributed by atoms with E-state index in [-0.39, 0.29) is 5.41 Å². The lowest BCUT2D eigenvalue weighted by molar-refractivity contribution is -0.134. The van der Waals surface area contributed by atoms with Crippen LogP contribution in [-0.4, -0.2) is 36.1 Å². The third kappa shape index (κ3) is 6.30. The monoisotopic (exact) mass is 355 g/mol. The van der Waals surface area contributed by atoms with E-state index >= 15 is 0 Å². The van der Waals surface area contributed by atoms with Gasteiger partial charge in [0.05, 0.1) is 0 Å². The first-order valence-corrected chi connectivity index (χ1v) is 9.30. The summed E-state index contributed by atoms with van der Waals surface area (Å²) in [6, 6.07) is 22.6. The standard InChI is InChI=1S/C21H29N.C2H4O2/c1-5-16-21(17-18(2)22(3)4,19-12-8-6-9-13-19)20-14-10-7-11-15-20;1-2(3)4/h6-15,18H,5,16-17H2,1-4H3;1H3,(H,3,4)/t18-;/m0./s1. The molecule has 0 radical (unpaired) electrons. The lowest BCUT2D eigenvalue weighted by Gasteiger charge is -2.39. The van der Waals surface area contributed by atoms with Crippen molar-refractivity contribution in [1.29, 1.82) is 0 Å². The maximum atomic E-state index is 9.00. The van der Waals surface area contributed by atoms with E-state index in [0.29, 0.717) is 6.04 Å². The van der Waals surface area contributed by atoms with Crippen molar-refractivity contribution in [2.24, 2.45) is 0 Å². The Balaban J connectivity index is 0.000000765. The van der Waals surface area contributed by atoms with Crippen LogP contribution in [0, 0.1) is 0 Å². The van der Waals surface area contributed by atoms with Gasteiger partial charge in [-0.05, 0) is 45.0 Å². The van der Waals surface area contributed by atoms with Crippen molar-refractivity contribution in [1.82, 2.24) is 4.90 Å². The number of rotatable bonds is 7. The molecule has 0 unspecified atom stereocenters. The molecule has 3 nitrogen and oxygen atoms in total. The summed E-state index contributed by atoms with van der Waals surface area (Å²) < 4.78 is 0. The highest BCUT2D eigenvalue weighted by atomic mass is 16.4. The van der Waals surface area contributed by atoms with E-state index in [2.05, 4.69) is 93.5 Å². The van der Waals surface area contributed by atoms with Crippen LogP contribution < -0.4 is 0 Å². The average Bonchev–Trinajstić information content (AvgIpc) is 2.62. The Morgan fingerprint density at radius 1 is 1.00 bits per heavy atom. The minimum atomic E-state index is -0.833. The van der Waals surface area contributed by atoms with Gasteiger partial charge in [-0.15, -0.1) is 0 Å². The van der Waals surface area contributed by atoms with Gasteiger partial charge in [0.15, 0.2) is 0 Å². The molecule has 26 heavy (non-hydrogen) atoms. The first-order valence-electron chi connectivity index (χ1n) is 9.30. The number of benzene rings is 2. The van der Waals surface area contributed by atoms with Crippen LogP contribution in [0.1, 0.15) is 51.2 Å². The fourth-order valence-electron chi connectivity index (χ4n) is 3.42. The predicted octanol–water partition coefficient (Wildman–Crippen LogP) is 5.20. The van der Waals surface area contributed by atoms with E-state index in [1.165, 1.54) is 24.0 Å². The minimum Gasteiger partial charge on any atom is -0.481 e. The highest BCUT2D eigenvalue weighted by molar-refractivity contribution is 5.62. The smallest absolute Gasteiger partial charge is 0.300 e. The van der Waals surface area contributed by atoms with E-state index < -0.39 is 5.97 Å². The normalized spacial score (nSPS) is 12.2. The van der Waals surface area contributed by atoms with Crippen molar-refractivity contribution in [3.63, 3.8) is 0 Å². The lowest BCUT2D eigenvalue weighted by Crippen LogP contribution is -2.37. The lowest BCUT2D eigenvalue weighted by atomic mass is 9.67. The molecule has 0 bridgehead atoms. The average molecular weight is 356 g/mol. The van der Waals surface area contributed by atoms with Crippen LogP contribution in [0.4, 0.5) is 0 Å². The minimum absolute atomic E-state index is 0.0982. The number of nitrogens with zero attached hydrogens (tertiary/aromatic N) is 1. The Bertz CT molecular complexity index is 594. The molecule has 0 fully saturated rings. The second kappa shape index (κ2) is 10.8. The topological polar surface area (TPSA) is 40.5 Å². The molecule has 0 saturated carbocycles. The molecule has 0 aliphatic rings. The van der Waals surface area contributed by atoms with Gasteiger partial charge < -0.3 is 10.0 Å². The molecule has 0 aliphatic carbocycles. The quantitative estimate of drug-likeness (QED) is 0.742. The first-order chi connectivity index (χ1) is 12.3. The molecule has 0 spiro atoms. The SMILES string of the molecule is CC(=O)O.CCCC(C[C@H](C)N(C)C)(c1ccccc1)c1ccccc1. The van der Waals surface area contributed by atoms with Crippen LogP contribution in [0.15, 0.2) is 60.7 Å². The molecule has 0 heterocycles. The first kappa shape index (κ1) is 21.9. The van der Waals surface area contributed by atoms with Crippen LogP contribution in [0.2, 0.25) is 0 Å². The molecule has 0 amide bonds. The largest absolute Gasteiger partial charge is 0.481 e. The molecule has 0 aromatic heterocycles. The van der Waals surface area contributed by atoms with Crippen molar-refractivity contribution in [2.75, 3.05) is 14.1 Å². The molecule has 0 saturated heterocycles. The highest BCUT2D eigenvalue weighted by Crippen LogP contribution is 2.41. The van der Waals surface area contributed by atoms with Crippen molar-refractivity contribution >= 4 is 5.97 Å². The second-order valence-electron chi connectivity index (χ2n) is 7.10. The highest BCUT2D eigenvalue weighted by Gasteiger charge is 2.35. The number of aliphatic carboxylic acids is 1. The summed E-state index contributed by atoms with van der Waals surface area (Å²) in [5.41, 5.74) is 2.98. The Morgan fingerprint density at radius 3 is 1.69 bits per heavy atom. The molecule has 2 aromatic carbocycles. The maximum Gasteiger partial charge on any atom is 0.300 e. The number of hydrogen-bond acceptors (Lipinski definition) is 2. The van der Waals surface area contributed by atoms with Gasteiger partial charge in [-0.3, -0.25) is 4.79 Å². The van der Waals surface area contributed by atoms with Crippen molar-refractivity contribution < 1.29 is 9.90 Å². The van der Waals surface area contributed by atoms with Crippen molar-refractivity contribution in [3.05, 3.63) is 71.8 Å². The summed E-state index contributed by atoms with van der Waals surface area (Å²) in [6.45, 7) is 5.71. The van der Waals surface area contributed by atoms with E-state index in [1.54, 1.807) is 0 Å². The van der Waals surface area contributed by atoms with Gasteiger partial charge in [0.1, 0.15) is 0 Å². The molecule has 1 atom stereocenters. The van der Waals surface area contributed by atoms with Crippen LogP contribution in [0.5, 0.6) is 0 Å². The van der Waals surface area contributed by atoms with Gasteiger partial charge >= 0.3 is 0 Å². The Morgan fingerprint density at radius 2 is 1.38 bits per heavy atom. The molecule has 0 aliphatic heterocycles. The number of carbonyl (C=O) groups is 1. The Labute approximate surface area is 158 Å².